The number of nitrogens with zero attached hydrogens (tertiary/aromatic N) is 2. The zero-order chi connectivity index (χ0) is 20.5. The van der Waals surface area contributed by atoms with Gasteiger partial charge in [-0.25, -0.2) is 4.98 Å². The van der Waals surface area contributed by atoms with Gasteiger partial charge < -0.3 is 9.30 Å². The molecule has 4 heteroatoms. The first-order valence-electron chi connectivity index (χ1n) is 9.97. The Hall–Kier alpha value is -3.30. The van der Waals surface area contributed by atoms with Gasteiger partial charge in [0, 0.05) is 33.6 Å². The number of para-hydroxylation sites is 1. The number of hydrogen-bond acceptors (Lipinski definition) is 2. The lowest BCUT2D eigenvalue weighted by atomic mass is 10.2. The fraction of sp³-hybridized carbons (Fsp3) is 0.115. The van der Waals surface area contributed by atoms with Gasteiger partial charge in [-0.15, -0.1) is 0 Å². The van der Waals surface area contributed by atoms with E-state index in [2.05, 4.69) is 58.9 Å². The first kappa shape index (κ1) is 18.7. The topological polar surface area (TPSA) is 27.1 Å². The lowest BCUT2D eigenvalue weighted by Gasteiger charge is -2.10. The number of hydrogen-bond donors (Lipinski definition) is 0. The second-order valence-electron chi connectivity index (χ2n) is 7.50. The average molecular weight is 413 g/mol. The smallest absolute Gasteiger partial charge is 0.130 e. The Morgan fingerprint density at radius 2 is 1.70 bits per heavy atom. The van der Waals surface area contributed by atoms with Gasteiger partial charge in [-0.3, -0.25) is 0 Å². The zero-order valence-electron chi connectivity index (χ0n) is 16.7. The van der Waals surface area contributed by atoms with E-state index < -0.39 is 0 Å². The van der Waals surface area contributed by atoms with Crippen LogP contribution in [0.4, 0.5) is 0 Å². The van der Waals surface area contributed by atoms with Crippen LogP contribution < -0.4 is 4.74 Å². The van der Waals surface area contributed by atoms with Crippen molar-refractivity contribution in [3.63, 3.8) is 0 Å². The van der Waals surface area contributed by atoms with E-state index in [-0.39, 0.29) is 0 Å². The monoisotopic (exact) mass is 412 g/mol. The molecule has 5 aromatic rings. The number of fused-ring (bicyclic) bond motifs is 2. The molecule has 5 rings (SSSR count). The molecule has 2 heterocycles. The quantitative estimate of drug-likeness (QED) is 0.318. The summed E-state index contributed by atoms with van der Waals surface area (Å²) < 4.78 is 8.36. The molecule has 0 aliphatic heterocycles. The van der Waals surface area contributed by atoms with E-state index in [1.807, 2.05) is 42.5 Å². The summed E-state index contributed by atoms with van der Waals surface area (Å²) in [6.07, 6.45) is 0. The van der Waals surface area contributed by atoms with Crippen molar-refractivity contribution in [2.45, 2.75) is 20.1 Å². The largest absolute Gasteiger partial charge is 0.487 e. The van der Waals surface area contributed by atoms with Crippen molar-refractivity contribution in [2.75, 3.05) is 0 Å². The molecular weight excluding hydrogens is 392 g/mol. The zero-order valence-corrected chi connectivity index (χ0v) is 17.4. The molecule has 0 aliphatic carbocycles. The van der Waals surface area contributed by atoms with Crippen molar-refractivity contribution in [2.24, 2.45) is 0 Å². The van der Waals surface area contributed by atoms with Gasteiger partial charge in [-0.2, -0.15) is 0 Å². The maximum absolute atomic E-state index is 6.04. The summed E-state index contributed by atoms with van der Waals surface area (Å²) in [5.74, 6) is 0.848. The third kappa shape index (κ3) is 3.77. The highest BCUT2D eigenvalue weighted by Crippen LogP contribution is 2.26. The van der Waals surface area contributed by atoms with E-state index in [1.54, 1.807) is 0 Å². The Balaban J connectivity index is 1.36. The molecule has 0 atom stereocenters. The lowest BCUT2D eigenvalue weighted by Crippen LogP contribution is -2.01. The van der Waals surface area contributed by atoms with Crippen LogP contribution in [0.2, 0.25) is 5.02 Å². The maximum atomic E-state index is 6.04. The van der Waals surface area contributed by atoms with Crippen LogP contribution in [0.15, 0.2) is 84.9 Å². The summed E-state index contributed by atoms with van der Waals surface area (Å²) in [5.41, 5.74) is 5.55. The number of aromatic nitrogens is 2. The Labute approximate surface area is 180 Å². The number of benzene rings is 3. The fourth-order valence-electron chi connectivity index (χ4n) is 3.80. The van der Waals surface area contributed by atoms with Crippen LogP contribution in [-0.4, -0.2) is 9.55 Å². The normalized spacial score (nSPS) is 11.3. The van der Waals surface area contributed by atoms with Gasteiger partial charge in [0.1, 0.15) is 12.4 Å². The molecule has 0 saturated carbocycles. The third-order valence-corrected chi connectivity index (χ3v) is 5.63. The summed E-state index contributed by atoms with van der Waals surface area (Å²) in [6, 6.07) is 28.7. The molecule has 0 fully saturated rings. The van der Waals surface area contributed by atoms with Crippen LogP contribution >= 0.6 is 11.6 Å². The van der Waals surface area contributed by atoms with Gasteiger partial charge in [0.2, 0.25) is 0 Å². The van der Waals surface area contributed by atoms with Gasteiger partial charge in [0.25, 0.3) is 0 Å². The maximum Gasteiger partial charge on any atom is 0.130 e. The Kier molecular flexibility index (Phi) is 4.89. The van der Waals surface area contributed by atoms with Gasteiger partial charge in [0.15, 0.2) is 0 Å². The summed E-state index contributed by atoms with van der Waals surface area (Å²) in [7, 11) is 0. The van der Waals surface area contributed by atoms with Crippen LogP contribution in [0, 0.1) is 6.92 Å². The molecular formula is C26H21ClN2O. The van der Waals surface area contributed by atoms with Crippen molar-refractivity contribution in [3.8, 4) is 5.75 Å². The molecule has 0 N–H and O–H groups in total. The van der Waals surface area contributed by atoms with Gasteiger partial charge >= 0.3 is 0 Å². The average Bonchev–Trinajstić information content (AvgIpc) is 3.08. The summed E-state index contributed by atoms with van der Waals surface area (Å²) in [4.78, 5) is 4.69. The third-order valence-electron chi connectivity index (χ3n) is 5.38. The molecule has 148 valence electrons. The molecule has 0 aliphatic rings. The number of rotatable bonds is 5. The van der Waals surface area contributed by atoms with E-state index in [0.29, 0.717) is 6.61 Å². The lowest BCUT2D eigenvalue weighted by molar-refractivity contribution is 0.302. The predicted octanol–water partition coefficient (Wildman–Crippen LogP) is 6.78. The van der Waals surface area contributed by atoms with E-state index >= 15 is 0 Å². The molecule has 0 bridgehead atoms. The van der Waals surface area contributed by atoms with Crippen molar-refractivity contribution < 1.29 is 4.74 Å². The predicted molar refractivity (Wildman–Crippen MR) is 123 cm³/mol. The molecule has 0 radical (unpaired) electrons. The molecule has 3 aromatic carbocycles. The summed E-state index contributed by atoms with van der Waals surface area (Å²) in [6.45, 7) is 3.39. The van der Waals surface area contributed by atoms with Crippen LogP contribution in [0.25, 0.3) is 21.8 Å². The highest BCUT2D eigenvalue weighted by Gasteiger charge is 2.08. The van der Waals surface area contributed by atoms with E-state index in [1.165, 1.54) is 22.2 Å². The Morgan fingerprint density at radius 1 is 0.867 bits per heavy atom. The van der Waals surface area contributed by atoms with E-state index in [9.17, 15) is 0 Å². The molecule has 0 amide bonds. The molecule has 0 saturated heterocycles. The fourth-order valence-corrected chi connectivity index (χ4v) is 3.93. The summed E-state index contributed by atoms with van der Waals surface area (Å²) in [5, 5.41) is 3.07. The SMILES string of the molecule is Cc1cc2cc(OCc3ccc4ccccc4n3)ccc2n1Cc1ccc(Cl)cc1. The van der Waals surface area contributed by atoms with Crippen LogP contribution in [0.5, 0.6) is 5.75 Å². The van der Waals surface area contributed by atoms with E-state index in [4.69, 9.17) is 16.3 Å². The molecule has 2 aromatic heterocycles. The minimum absolute atomic E-state index is 0.445. The minimum atomic E-state index is 0.445. The minimum Gasteiger partial charge on any atom is -0.487 e. The first-order valence-corrected chi connectivity index (χ1v) is 10.4. The number of aryl methyl sites for hydroxylation is 1. The standard InChI is InChI=1S/C26H21ClN2O/c1-18-14-21-15-24(30-17-23-11-8-20-4-2-3-5-25(20)28-23)12-13-26(21)29(18)16-19-6-9-22(27)10-7-19/h2-15H,16-17H2,1H3. The van der Waals surface area contributed by atoms with Gasteiger partial charge in [-0.1, -0.05) is 48.0 Å². The number of ether oxygens (including phenoxy) is 1. The molecule has 0 unspecified atom stereocenters. The van der Waals surface area contributed by atoms with E-state index in [0.717, 1.165) is 33.9 Å². The first-order chi connectivity index (χ1) is 14.7. The summed E-state index contributed by atoms with van der Waals surface area (Å²) >= 11 is 6.01. The van der Waals surface area contributed by atoms with Gasteiger partial charge in [0.05, 0.1) is 11.2 Å². The van der Waals surface area contributed by atoms with Crippen molar-refractivity contribution >= 4 is 33.4 Å². The Bertz CT molecular complexity index is 1340. The Morgan fingerprint density at radius 3 is 2.57 bits per heavy atom. The molecule has 0 spiro atoms. The number of pyridine rings is 1. The van der Waals surface area contributed by atoms with Gasteiger partial charge in [-0.05, 0) is 61.0 Å². The van der Waals surface area contributed by atoms with Crippen LogP contribution in [0.3, 0.4) is 0 Å². The van der Waals surface area contributed by atoms with Crippen molar-refractivity contribution in [1.29, 1.82) is 0 Å². The van der Waals surface area contributed by atoms with Crippen molar-refractivity contribution in [1.82, 2.24) is 9.55 Å². The highest BCUT2D eigenvalue weighted by atomic mass is 35.5. The number of halogens is 1. The second-order valence-corrected chi connectivity index (χ2v) is 7.94. The van der Waals surface area contributed by atoms with Crippen molar-refractivity contribution in [3.05, 3.63) is 107 Å². The second kappa shape index (κ2) is 7.85. The molecule has 30 heavy (non-hydrogen) atoms. The van der Waals surface area contributed by atoms with Crippen LogP contribution in [-0.2, 0) is 13.2 Å². The van der Waals surface area contributed by atoms with Crippen LogP contribution in [0.1, 0.15) is 17.0 Å². The molecule has 3 nitrogen and oxygen atoms in total. The highest BCUT2D eigenvalue weighted by molar-refractivity contribution is 6.30.